The van der Waals surface area contributed by atoms with Crippen molar-refractivity contribution in [2.75, 3.05) is 0 Å². The molecule has 0 bridgehead atoms. The molecule has 0 aliphatic carbocycles. The fraction of sp³-hybridized carbons (Fsp3) is 0.833. The van der Waals surface area contributed by atoms with E-state index >= 15 is 0 Å². The van der Waals surface area contributed by atoms with Crippen LogP contribution in [0.25, 0.3) is 0 Å². The fourth-order valence-electron chi connectivity index (χ4n) is 1.61. The van der Waals surface area contributed by atoms with Crippen LogP contribution in [0, 0.1) is 0 Å². The van der Waals surface area contributed by atoms with Gasteiger partial charge in [-0.05, 0) is 12.8 Å². The number of hydrogen-bond donors (Lipinski definition) is 2. The second-order valence-corrected chi connectivity index (χ2v) is 3.98. The van der Waals surface area contributed by atoms with Crippen molar-refractivity contribution in [3.63, 3.8) is 0 Å². The molecule has 4 nitrogen and oxygen atoms in total. The van der Waals surface area contributed by atoms with Crippen molar-refractivity contribution in [3.8, 4) is 0 Å². The second-order valence-electron chi connectivity index (χ2n) is 3.98. The van der Waals surface area contributed by atoms with Gasteiger partial charge in [0.05, 0.1) is 0 Å². The van der Waals surface area contributed by atoms with E-state index in [-0.39, 0.29) is 0 Å². The fourth-order valence-corrected chi connectivity index (χ4v) is 1.61. The number of hydrogen-bond acceptors (Lipinski definition) is 4. The van der Waals surface area contributed by atoms with E-state index in [0.29, 0.717) is 12.1 Å². The summed E-state index contributed by atoms with van der Waals surface area (Å²) in [5, 5.41) is 22.4. The minimum Gasteiger partial charge on any atom is -0.411 e. The Balaban J connectivity index is 3.26. The molecule has 0 rings (SSSR count). The largest absolute Gasteiger partial charge is 0.411 e. The maximum Gasteiger partial charge on any atom is 0.158 e. The van der Waals surface area contributed by atoms with E-state index in [1.165, 1.54) is 38.5 Å². The van der Waals surface area contributed by atoms with E-state index in [1.807, 2.05) is 0 Å². The first-order chi connectivity index (χ1) is 7.85. The zero-order valence-corrected chi connectivity index (χ0v) is 10.2. The van der Waals surface area contributed by atoms with Crippen molar-refractivity contribution < 1.29 is 10.4 Å². The number of rotatable bonds is 10. The van der Waals surface area contributed by atoms with Gasteiger partial charge in [0, 0.05) is 0 Å². The first-order valence-corrected chi connectivity index (χ1v) is 6.16. The highest BCUT2D eigenvalue weighted by Gasteiger charge is 1.98. The maximum absolute atomic E-state index is 8.51. The predicted molar refractivity (Wildman–Crippen MR) is 65.7 cm³/mol. The quantitative estimate of drug-likeness (QED) is 0.259. The number of unbranched alkanes of at least 4 members (excludes halogenated alkanes) is 7. The molecule has 1 radical (unpaired) electrons. The van der Waals surface area contributed by atoms with Gasteiger partial charge in [-0.15, -0.1) is 0 Å². The molecule has 0 saturated heterocycles. The van der Waals surface area contributed by atoms with E-state index in [9.17, 15) is 0 Å². The van der Waals surface area contributed by atoms with Gasteiger partial charge in [-0.1, -0.05) is 62.2 Å². The van der Waals surface area contributed by atoms with Crippen LogP contribution in [0.2, 0.25) is 0 Å². The molecular formula is C12H23N2O2. The van der Waals surface area contributed by atoms with Crippen LogP contribution in [0.5, 0.6) is 0 Å². The molecule has 0 aromatic carbocycles. The molecule has 0 spiro atoms. The van der Waals surface area contributed by atoms with Crippen molar-refractivity contribution in [2.45, 2.75) is 64.7 Å². The minimum atomic E-state index is 0.313. The molecule has 2 N–H and O–H groups in total. The molecule has 0 atom stereocenters. The van der Waals surface area contributed by atoms with Crippen molar-refractivity contribution in [1.29, 1.82) is 0 Å². The van der Waals surface area contributed by atoms with Crippen LogP contribution in [0.4, 0.5) is 0 Å². The average molecular weight is 227 g/mol. The van der Waals surface area contributed by atoms with Gasteiger partial charge in [-0.25, -0.2) is 0 Å². The van der Waals surface area contributed by atoms with Crippen molar-refractivity contribution >= 4 is 11.9 Å². The lowest BCUT2D eigenvalue weighted by atomic mass is 10.1. The zero-order valence-electron chi connectivity index (χ0n) is 10.2. The van der Waals surface area contributed by atoms with Crippen LogP contribution < -0.4 is 0 Å². The Labute approximate surface area is 98.0 Å². The van der Waals surface area contributed by atoms with Crippen LogP contribution in [0.1, 0.15) is 64.7 Å². The van der Waals surface area contributed by atoms with Gasteiger partial charge >= 0.3 is 0 Å². The summed E-state index contributed by atoms with van der Waals surface area (Å²) < 4.78 is 0. The van der Waals surface area contributed by atoms with Gasteiger partial charge in [0.1, 0.15) is 5.71 Å². The predicted octanol–water partition coefficient (Wildman–Crippen LogP) is 3.68. The highest BCUT2D eigenvalue weighted by atomic mass is 16.4. The maximum atomic E-state index is 8.51. The Kier molecular flexibility index (Phi) is 11.2. The van der Waals surface area contributed by atoms with Crippen LogP contribution in [0.15, 0.2) is 10.3 Å². The summed E-state index contributed by atoms with van der Waals surface area (Å²) in [5.41, 5.74) is 0.313. The molecule has 0 unspecified atom stereocenters. The van der Waals surface area contributed by atoms with Gasteiger partial charge in [0.25, 0.3) is 0 Å². The Bertz CT molecular complexity index is 203. The van der Waals surface area contributed by atoms with Gasteiger partial charge in [0.2, 0.25) is 0 Å². The topological polar surface area (TPSA) is 65.2 Å². The minimum absolute atomic E-state index is 0.313. The lowest BCUT2D eigenvalue weighted by Gasteiger charge is -2.00. The van der Waals surface area contributed by atoms with Crippen molar-refractivity contribution in [2.24, 2.45) is 10.3 Å². The van der Waals surface area contributed by atoms with Crippen LogP contribution in [-0.4, -0.2) is 22.3 Å². The van der Waals surface area contributed by atoms with Gasteiger partial charge < -0.3 is 10.4 Å². The lowest BCUT2D eigenvalue weighted by molar-refractivity contribution is 0.314. The van der Waals surface area contributed by atoms with E-state index in [4.69, 9.17) is 10.4 Å². The Morgan fingerprint density at radius 3 is 2.00 bits per heavy atom. The molecule has 0 aliphatic rings. The van der Waals surface area contributed by atoms with Gasteiger partial charge in [-0.2, -0.15) is 0 Å². The SMILES string of the molecule is CCCCCCCCCCC([C]=NO)=NO. The van der Waals surface area contributed by atoms with Gasteiger partial charge in [0.15, 0.2) is 6.21 Å². The molecule has 4 heteroatoms. The highest BCUT2D eigenvalue weighted by Crippen LogP contribution is 2.09. The summed E-state index contributed by atoms with van der Waals surface area (Å²) in [5.74, 6) is 0. The molecule has 0 heterocycles. The molecule has 0 amide bonds. The van der Waals surface area contributed by atoms with E-state index in [1.54, 1.807) is 0 Å². The van der Waals surface area contributed by atoms with Crippen molar-refractivity contribution in [3.05, 3.63) is 0 Å². The monoisotopic (exact) mass is 227 g/mol. The number of nitrogens with zero attached hydrogens (tertiary/aromatic N) is 2. The van der Waals surface area contributed by atoms with Crippen LogP contribution in [0.3, 0.4) is 0 Å². The molecule has 0 aromatic heterocycles. The summed E-state index contributed by atoms with van der Waals surface area (Å²) in [6.45, 7) is 2.22. The summed E-state index contributed by atoms with van der Waals surface area (Å²) in [6.07, 6.45) is 12.7. The van der Waals surface area contributed by atoms with E-state index < -0.39 is 0 Å². The molecule has 93 valence electrons. The summed E-state index contributed by atoms with van der Waals surface area (Å²) in [7, 11) is 0. The number of oxime groups is 1. The van der Waals surface area contributed by atoms with Gasteiger partial charge in [-0.3, -0.25) is 0 Å². The third kappa shape index (κ3) is 9.49. The average Bonchev–Trinajstić information content (AvgIpc) is 2.31. The molecule has 0 aromatic rings. The molecule has 0 saturated carbocycles. The Morgan fingerprint density at radius 1 is 0.938 bits per heavy atom. The first-order valence-electron chi connectivity index (χ1n) is 6.16. The van der Waals surface area contributed by atoms with Crippen LogP contribution in [-0.2, 0) is 0 Å². The smallest absolute Gasteiger partial charge is 0.158 e. The molecular weight excluding hydrogens is 204 g/mol. The molecule has 0 aliphatic heterocycles. The summed E-state index contributed by atoms with van der Waals surface area (Å²) >= 11 is 0. The second kappa shape index (κ2) is 12.0. The lowest BCUT2D eigenvalue weighted by Crippen LogP contribution is -1.99. The normalized spacial score (nSPS) is 12.4. The first kappa shape index (κ1) is 14.9. The third-order valence-electron chi connectivity index (χ3n) is 2.57. The Hall–Kier alpha value is -1.06. The van der Waals surface area contributed by atoms with Crippen molar-refractivity contribution in [1.82, 2.24) is 0 Å². The van der Waals surface area contributed by atoms with E-state index in [0.717, 1.165) is 12.8 Å². The highest BCUT2D eigenvalue weighted by molar-refractivity contribution is 6.30. The Morgan fingerprint density at radius 2 is 1.50 bits per heavy atom. The van der Waals surface area contributed by atoms with E-state index in [2.05, 4.69) is 23.4 Å². The molecule has 0 fully saturated rings. The third-order valence-corrected chi connectivity index (χ3v) is 2.57. The standard InChI is InChI=1S/C12H23N2O2/c1-2-3-4-5-6-7-8-9-10-12(14-16)11-13-15/h15-16H,2-10H2,1H3. The summed E-state index contributed by atoms with van der Waals surface area (Å²) in [6, 6.07) is 0. The zero-order chi connectivity index (χ0) is 12.1. The molecule has 16 heavy (non-hydrogen) atoms. The van der Waals surface area contributed by atoms with Crippen LogP contribution >= 0.6 is 0 Å². The summed E-state index contributed by atoms with van der Waals surface area (Å²) in [4.78, 5) is 0.